The Hall–Kier alpha value is -2.01. The molecule has 2 aromatic rings. The Bertz CT molecular complexity index is 913. The lowest BCUT2D eigenvalue weighted by molar-refractivity contribution is -0.0511. The molecule has 2 saturated carbocycles. The lowest BCUT2D eigenvalue weighted by Crippen LogP contribution is -2.33. The zero-order valence-electron chi connectivity index (χ0n) is 14.7. The SMILES string of the molecule is O=c1nc2c(ncn2C2O[C@H](CO)[C@@H](O)[C@H]2O)c(NC2CC3CCC2C3)[nH]1. The predicted octanol–water partition coefficient (Wildman–Crippen LogP) is -0.668. The number of aromatic amines is 1. The number of aromatic nitrogens is 4. The zero-order chi connectivity index (χ0) is 18.7. The quantitative estimate of drug-likeness (QED) is 0.472. The average molecular weight is 377 g/mol. The normalized spacial score (nSPS) is 38.1. The van der Waals surface area contributed by atoms with Crippen LogP contribution in [0.5, 0.6) is 0 Å². The number of nitrogens with zero attached hydrogens (tertiary/aromatic N) is 3. The molecule has 3 fully saturated rings. The molecule has 0 radical (unpaired) electrons. The summed E-state index contributed by atoms with van der Waals surface area (Å²) in [6.45, 7) is -0.424. The summed E-state index contributed by atoms with van der Waals surface area (Å²) in [4.78, 5) is 23.2. The maximum absolute atomic E-state index is 12.1. The van der Waals surface area contributed by atoms with E-state index in [-0.39, 0.29) is 5.65 Å². The molecule has 10 heteroatoms. The molecule has 2 bridgehead atoms. The Morgan fingerprint density at radius 2 is 2.15 bits per heavy atom. The molecule has 27 heavy (non-hydrogen) atoms. The number of nitrogens with one attached hydrogen (secondary N) is 2. The van der Waals surface area contributed by atoms with E-state index < -0.39 is 36.8 Å². The first-order chi connectivity index (χ1) is 13.0. The number of ether oxygens (including phenoxy) is 1. The van der Waals surface area contributed by atoms with Crippen LogP contribution in [0.4, 0.5) is 5.82 Å². The van der Waals surface area contributed by atoms with Gasteiger partial charge in [0.1, 0.15) is 29.6 Å². The molecular formula is C17H23N5O5. The summed E-state index contributed by atoms with van der Waals surface area (Å²) in [6, 6.07) is 0.309. The first-order valence-corrected chi connectivity index (χ1v) is 9.41. The molecule has 2 aromatic heterocycles. The fourth-order valence-corrected chi connectivity index (χ4v) is 4.94. The Morgan fingerprint density at radius 3 is 2.81 bits per heavy atom. The third-order valence-electron chi connectivity index (χ3n) is 6.30. The number of hydrogen-bond donors (Lipinski definition) is 5. The van der Waals surface area contributed by atoms with Crippen LogP contribution in [0.2, 0.25) is 0 Å². The number of aliphatic hydroxyl groups excluding tert-OH is 3. The minimum atomic E-state index is -1.26. The number of fused-ring (bicyclic) bond motifs is 3. The van der Waals surface area contributed by atoms with Crippen molar-refractivity contribution < 1.29 is 20.1 Å². The van der Waals surface area contributed by atoms with Gasteiger partial charge in [0, 0.05) is 6.04 Å². The van der Waals surface area contributed by atoms with Gasteiger partial charge in [0.15, 0.2) is 11.9 Å². The van der Waals surface area contributed by atoms with Crippen LogP contribution in [0.3, 0.4) is 0 Å². The highest BCUT2D eigenvalue weighted by atomic mass is 16.6. The summed E-state index contributed by atoms with van der Waals surface area (Å²) in [5.74, 6) is 1.89. The minimum absolute atomic E-state index is 0.263. The first kappa shape index (κ1) is 17.1. The van der Waals surface area contributed by atoms with Crippen LogP contribution in [0.1, 0.15) is 31.9 Å². The second-order valence-electron chi connectivity index (χ2n) is 7.90. The van der Waals surface area contributed by atoms with Crippen LogP contribution in [-0.4, -0.2) is 65.8 Å². The predicted molar refractivity (Wildman–Crippen MR) is 94.0 cm³/mol. The molecular weight excluding hydrogens is 354 g/mol. The highest BCUT2D eigenvalue weighted by Crippen LogP contribution is 2.45. The van der Waals surface area contributed by atoms with Crippen LogP contribution in [0, 0.1) is 11.8 Å². The molecule has 0 amide bonds. The smallest absolute Gasteiger partial charge is 0.348 e. The van der Waals surface area contributed by atoms with E-state index in [0.717, 1.165) is 12.3 Å². The van der Waals surface area contributed by atoms with E-state index in [1.807, 2.05) is 0 Å². The topological polar surface area (TPSA) is 146 Å². The van der Waals surface area contributed by atoms with Gasteiger partial charge in [-0.05, 0) is 31.1 Å². The van der Waals surface area contributed by atoms with Gasteiger partial charge >= 0.3 is 5.69 Å². The lowest BCUT2D eigenvalue weighted by Gasteiger charge is -2.23. The second-order valence-corrected chi connectivity index (χ2v) is 7.90. The minimum Gasteiger partial charge on any atom is -0.394 e. The Kier molecular flexibility index (Phi) is 3.97. The molecule has 3 aliphatic rings. The van der Waals surface area contributed by atoms with Crippen molar-refractivity contribution in [2.45, 2.75) is 56.3 Å². The number of imidazole rings is 1. The maximum atomic E-state index is 12.1. The summed E-state index contributed by atoms with van der Waals surface area (Å²) in [7, 11) is 0. The zero-order valence-corrected chi connectivity index (χ0v) is 14.7. The summed E-state index contributed by atoms with van der Waals surface area (Å²) >= 11 is 0. The fourth-order valence-electron chi connectivity index (χ4n) is 4.94. The standard InChI is InChI=1S/C17H23N5O5/c23-5-10-12(24)13(25)16(27-10)22-6-18-11-14(20-17(26)21-15(11)22)19-9-4-7-1-2-8(9)3-7/h6-10,12-13,16,23-25H,1-5H2,(H2,19,20,21,26)/t7?,8?,9?,10-,12-,13-,16?/m1/s1. The van der Waals surface area contributed by atoms with E-state index in [0.29, 0.717) is 23.3 Å². The van der Waals surface area contributed by atoms with Crippen molar-refractivity contribution in [2.75, 3.05) is 11.9 Å². The van der Waals surface area contributed by atoms with Gasteiger partial charge in [0.05, 0.1) is 12.9 Å². The molecule has 3 heterocycles. The van der Waals surface area contributed by atoms with E-state index in [9.17, 15) is 20.1 Å². The van der Waals surface area contributed by atoms with Crippen molar-refractivity contribution in [1.82, 2.24) is 19.5 Å². The van der Waals surface area contributed by atoms with Crippen LogP contribution in [-0.2, 0) is 4.74 Å². The van der Waals surface area contributed by atoms with Crippen LogP contribution in [0.25, 0.3) is 11.2 Å². The number of anilines is 1. The van der Waals surface area contributed by atoms with E-state index in [1.54, 1.807) is 0 Å². The molecule has 2 aliphatic carbocycles. The highest BCUT2D eigenvalue weighted by molar-refractivity contribution is 5.82. The number of rotatable bonds is 4. The Balaban J connectivity index is 1.49. The highest BCUT2D eigenvalue weighted by Gasteiger charge is 2.44. The molecule has 0 spiro atoms. The maximum Gasteiger partial charge on any atom is 0.348 e. The molecule has 5 rings (SSSR count). The number of hydrogen-bond acceptors (Lipinski definition) is 8. The largest absolute Gasteiger partial charge is 0.394 e. The molecule has 1 aliphatic heterocycles. The van der Waals surface area contributed by atoms with Crippen molar-refractivity contribution in [2.24, 2.45) is 11.8 Å². The van der Waals surface area contributed by atoms with Gasteiger partial charge in [0.25, 0.3) is 0 Å². The number of H-pyrrole nitrogens is 1. The van der Waals surface area contributed by atoms with Crippen molar-refractivity contribution in [3.05, 3.63) is 16.8 Å². The molecule has 146 valence electrons. The lowest BCUT2D eigenvalue weighted by atomic mass is 9.95. The van der Waals surface area contributed by atoms with Crippen LogP contribution >= 0.6 is 0 Å². The van der Waals surface area contributed by atoms with Crippen molar-refractivity contribution in [3.63, 3.8) is 0 Å². The van der Waals surface area contributed by atoms with Gasteiger partial charge in [-0.25, -0.2) is 9.78 Å². The Morgan fingerprint density at radius 1 is 1.30 bits per heavy atom. The third kappa shape index (κ3) is 2.66. The van der Waals surface area contributed by atoms with Gasteiger partial charge in [-0.3, -0.25) is 9.55 Å². The van der Waals surface area contributed by atoms with Gasteiger partial charge in [-0.1, -0.05) is 6.42 Å². The van der Waals surface area contributed by atoms with Crippen LogP contribution < -0.4 is 11.0 Å². The first-order valence-electron chi connectivity index (χ1n) is 9.41. The second kappa shape index (κ2) is 6.26. The summed E-state index contributed by atoms with van der Waals surface area (Å²) in [6.07, 6.45) is 1.86. The number of aliphatic hydroxyl groups is 3. The summed E-state index contributed by atoms with van der Waals surface area (Å²) in [5.41, 5.74) is 0.219. The summed E-state index contributed by atoms with van der Waals surface area (Å²) < 4.78 is 6.97. The Labute approximate surface area is 154 Å². The fraction of sp³-hybridized carbons (Fsp3) is 0.706. The molecule has 5 N–H and O–H groups in total. The van der Waals surface area contributed by atoms with Crippen molar-refractivity contribution >= 4 is 17.0 Å². The molecule has 1 saturated heterocycles. The average Bonchev–Trinajstić information content (AvgIpc) is 3.41. The monoisotopic (exact) mass is 377 g/mol. The van der Waals surface area contributed by atoms with Gasteiger partial charge in [0.2, 0.25) is 0 Å². The van der Waals surface area contributed by atoms with E-state index in [1.165, 1.54) is 30.2 Å². The van der Waals surface area contributed by atoms with Gasteiger partial charge < -0.3 is 25.4 Å². The van der Waals surface area contributed by atoms with Gasteiger partial charge in [-0.2, -0.15) is 4.98 Å². The molecule has 4 unspecified atom stereocenters. The van der Waals surface area contributed by atoms with E-state index in [2.05, 4.69) is 20.3 Å². The molecule has 0 aromatic carbocycles. The van der Waals surface area contributed by atoms with Crippen molar-refractivity contribution in [3.8, 4) is 0 Å². The van der Waals surface area contributed by atoms with Crippen molar-refractivity contribution in [1.29, 1.82) is 0 Å². The molecule has 7 atom stereocenters. The van der Waals surface area contributed by atoms with Gasteiger partial charge in [-0.15, -0.1) is 0 Å². The van der Waals surface area contributed by atoms with E-state index >= 15 is 0 Å². The summed E-state index contributed by atoms with van der Waals surface area (Å²) in [5, 5.41) is 33.0. The third-order valence-corrected chi connectivity index (χ3v) is 6.30. The van der Waals surface area contributed by atoms with E-state index in [4.69, 9.17) is 4.74 Å². The van der Waals surface area contributed by atoms with Crippen LogP contribution in [0.15, 0.2) is 11.1 Å². The molecule has 10 nitrogen and oxygen atoms in total.